The standard InChI is InChI=1S/C9H7N3O.H2O/c13-9-11-6-10-8(12-9)7-4-2-1-3-5-7;/h1-6H,(H,10,11,12,13);1H2. The maximum absolute atomic E-state index is 10.9. The van der Waals surface area contributed by atoms with Crippen molar-refractivity contribution >= 4 is 0 Å². The summed E-state index contributed by atoms with van der Waals surface area (Å²) in [5.74, 6) is 0.542. The predicted molar refractivity (Wildman–Crippen MR) is 51.7 cm³/mol. The Morgan fingerprint density at radius 2 is 1.79 bits per heavy atom. The van der Waals surface area contributed by atoms with Crippen LogP contribution < -0.4 is 5.69 Å². The van der Waals surface area contributed by atoms with Gasteiger partial charge < -0.3 is 5.48 Å². The Balaban J connectivity index is 0.000000980. The molecule has 0 fully saturated rings. The zero-order valence-electron chi connectivity index (χ0n) is 7.27. The summed E-state index contributed by atoms with van der Waals surface area (Å²) in [6.07, 6.45) is 1.25. The summed E-state index contributed by atoms with van der Waals surface area (Å²) in [6, 6.07) is 9.42. The monoisotopic (exact) mass is 191 g/mol. The summed E-state index contributed by atoms with van der Waals surface area (Å²) >= 11 is 0. The summed E-state index contributed by atoms with van der Waals surface area (Å²) in [5, 5.41) is 0. The van der Waals surface area contributed by atoms with Gasteiger partial charge in [-0.05, 0) is 0 Å². The Morgan fingerprint density at radius 3 is 2.43 bits per heavy atom. The van der Waals surface area contributed by atoms with E-state index in [1.54, 1.807) is 0 Å². The van der Waals surface area contributed by atoms with Gasteiger partial charge in [-0.3, -0.25) is 4.98 Å². The summed E-state index contributed by atoms with van der Waals surface area (Å²) in [5.41, 5.74) is 0.496. The molecule has 72 valence electrons. The number of aromatic nitrogens is 3. The van der Waals surface area contributed by atoms with E-state index in [0.717, 1.165) is 5.56 Å². The highest BCUT2D eigenvalue weighted by Crippen LogP contribution is 2.10. The van der Waals surface area contributed by atoms with Gasteiger partial charge in [0.1, 0.15) is 12.2 Å². The molecule has 0 aliphatic carbocycles. The van der Waals surface area contributed by atoms with Gasteiger partial charge in [0, 0.05) is 5.56 Å². The molecule has 5 heteroatoms. The molecule has 0 amide bonds. The van der Waals surface area contributed by atoms with E-state index in [9.17, 15) is 4.79 Å². The van der Waals surface area contributed by atoms with Crippen molar-refractivity contribution in [3.63, 3.8) is 0 Å². The van der Waals surface area contributed by atoms with Crippen LogP contribution in [0, 0.1) is 0 Å². The Hall–Kier alpha value is -2.01. The van der Waals surface area contributed by atoms with Gasteiger partial charge in [0.05, 0.1) is 0 Å². The van der Waals surface area contributed by atoms with Crippen LogP contribution in [0.15, 0.2) is 41.5 Å². The van der Waals surface area contributed by atoms with Gasteiger partial charge in [-0.25, -0.2) is 9.78 Å². The first-order chi connectivity index (χ1) is 6.36. The molecule has 14 heavy (non-hydrogen) atoms. The van der Waals surface area contributed by atoms with Gasteiger partial charge in [0.25, 0.3) is 0 Å². The molecule has 1 aromatic heterocycles. The van der Waals surface area contributed by atoms with Gasteiger partial charge in [0.2, 0.25) is 0 Å². The van der Waals surface area contributed by atoms with E-state index in [4.69, 9.17) is 0 Å². The first-order valence-corrected chi connectivity index (χ1v) is 3.83. The molecule has 2 aromatic rings. The van der Waals surface area contributed by atoms with Crippen LogP contribution >= 0.6 is 0 Å². The van der Waals surface area contributed by atoms with Crippen molar-refractivity contribution in [1.82, 2.24) is 15.0 Å². The number of nitrogens with zero attached hydrogens (tertiary/aromatic N) is 2. The van der Waals surface area contributed by atoms with Crippen LogP contribution in [0.1, 0.15) is 0 Å². The van der Waals surface area contributed by atoms with E-state index >= 15 is 0 Å². The van der Waals surface area contributed by atoms with E-state index in [1.807, 2.05) is 30.3 Å². The van der Waals surface area contributed by atoms with Crippen molar-refractivity contribution in [2.24, 2.45) is 0 Å². The van der Waals surface area contributed by atoms with Crippen molar-refractivity contribution in [2.45, 2.75) is 0 Å². The molecule has 0 spiro atoms. The van der Waals surface area contributed by atoms with E-state index < -0.39 is 0 Å². The van der Waals surface area contributed by atoms with Crippen LogP contribution in [0.3, 0.4) is 0 Å². The summed E-state index contributed by atoms with van der Waals surface area (Å²) in [4.78, 5) is 20.8. The van der Waals surface area contributed by atoms with Gasteiger partial charge in [-0.2, -0.15) is 4.98 Å². The molecule has 0 atom stereocenters. The number of nitrogens with one attached hydrogen (secondary N) is 1. The molecule has 0 radical (unpaired) electrons. The summed E-state index contributed by atoms with van der Waals surface area (Å²) in [6.45, 7) is 0. The molecule has 0 unspecified atom stereocenters. The van der Waals surface area contributed by atoms with E-state index in [1.165, 1.54) is 6.33 Å². The van der Waals surface area contributed by atoms with Crippen LogP contribution in [-0.2, 0) is 0 Å². The second-order valence-electron chi connectivity index (χ2n) is 2.52. The minimum absolute atomic E-state index is 0. The molecule has 2 rings (SSSR count). The number of rotatable bonds is 1. The topological polar surface area (TPSA) is 90.1 Å². The second kappa shape index (κ2) is 4.29. The number of hydrogen-bond donors (Lipinski definition) is 1. The van der Waals surface area contributed by atoms with Crippen LogP contribution in [0.2, 0.25) is 0 Å². The minimum Gasteiger partial charge on any atom is -0.412 e. The van der Waals surface area contributed by atoms with Crippen LogP contribution in [-0.4, -0.2) is 20.4 Å². The van der Waals surface area contributed by atoms with E-state index in [2.05, 4.69) is 15.0 Å². The van der Waals surface area contributed by atoms with Gasteiger partial charge in [-0.1, -0.05) is 30.3 Å². The largest absolute Gasteiger partial charge is 0.412 e. The van der Waals surface area contributed by atoms with E-state index in [-0.39, 0.29) is 11.2 Å². The van der Waals surface area contributed by atoms with Crippen molar-refractivity contribution in [3.05, 3.63) is 47.1 Å². The predicted octanol–water partition coefficient (Wildman–Crippen LogP) is 0.00720. The highest BCUT2D eigenvalue weighted by molar-refractivity contribution is 5.53. The van der Waals surface area contributed by atoms with Crippen molar-refractivity contribution in [1.29, 1.82) is 0 Å². The smallest absolute Gasteiger partial charge is 0.348 e. The fourth-order valence-electron chi connectivity index (χ4n) is 1.05. The lowest BCUT2D eigenvalue weighted by Gasteiger charge is -1.96. The Labute approximate surface area is 79.8 Å². The Morgan fingerprint density at radius 1 is 1.07 bits per heavy atom. The van der Waals surface area contributed by atoms with Gasteiger partial charge >= 0.3 is 5.69 Å². The molecule has 0 aliphatic rings. The highest BCUT2D eigenvalue weighted by atomic mass is 16.1. The molecule has 0 saturated heterocycles. The third kappa shape index (κ3) is 2.02. The quantitative estimate of drug-likeness (QED) is 0.688. The fraction of sp³-hybridized carbons (Fsp3) is 0. The second-order valence-corrected chi connectivity index (χ2v) is 2.52. The lowest BCUT2D eigenvalue weighted by molar-refractivity contribution is 0.824. The van der Waals surface area contributed by atoms with Crippen molar-refractivity contribution < 1.29 is 5.48 Å². The zero-order valence-corrected chi connectivity index (χ0v) is 7.27. The molecule has 0 aliphatic heterocycles. The van der Waals surface area contributed by atoms with Crippen LogP contribution in [0.5, 0.6) is 0 Å². The number of hydrogen-bond acceptors (Lipinski definition) is 3. The lowest BCUT2D eigenvalue weighted by Crippen LogP contribution is -2.11. The Bertz CT molecular complexity index is 453. The molecule has 0 saturated carbocycles. The Kier molecular flexibility index (Phi) is 3.09. The molecular formula is C9H9N3O2. The number of benzene rings is 1. The summed E-state index contributed by atoms with van der Waals surface area (Å²) < 4.78 is 0. The first kappa shape index (κ1) is 10.1. The van der Waals surface area contributed by atoms with E-state index in [0.29, 0.717) is 5.82 Å². The lowest BCUT2D eigenvalue weighted by atomic mass is 10.2. The molecule has 5 nitrogen and oxygen atoms in total. The molecule has 1 aromatic carbocycles. The van der Waals surface area contributed by atoms with Crippen molar-refractivity contribution in [3.8, 4) is 11.4 Å². The highest BCUT2D eigenvalue weighted by Gasteiger charge is 1.97. The molecular weight excluding hydrogens is 182 g/mol. The maximum atomic E-state index is 10.9. The number of aromatic amines is 1. The maximum Gasteiger partial charge on any atom is 0.348 e. The van der Waals surface area contributed by atoms with Gasteiger partial charge in [-0.15, -0.1) is 0 Å². The SMILES string of the molecule is O.O=c1ncnc(-c2ccccc2)[nH]1. The van der Waals surface area contributed by atoms with Crippen LogP contribution in [0.25, 0.3) is 11.4 Å². The minimum atomic E-state index is -0.381. The normalized spacial score (nSPS) is 9.14. The average Bonchev–Trinajstić information content (AvgIpc) is 2.19. The van der Waals surface area contributed by atoms with Crippen molar-refractivity contribution in [2.75, 3.05) is 0 Å². The molecule has 1 heterocycles. The molecule has 3 N–H and O–H groups in total. The molecule has 0 bridgehead atoms. The summed E-state index contributed by atoms with van der Waals surface area (Å²) in [7, 11) is 0. The third-order valence-corrected chi connectivity index (χ3v) is 1.63. The average molecular weight is 191 g/mol. The van der Waals surface area contributed by atoms with Crippen LogP contribution in [0.4, 0.5) is 0 Å². The zero-order chi connectivity index (χ0) is 9.10. The van der Waals surface area contributed by atoms with Gasteiger partial charge in [0.15, 0.2) is 0 Å². The number of H-pyrrole nitrogens is 1. The first-order valence-electron chi connectivity index (χ1n) is 3.83. The fourth-order valence-corrected chi connectivity index (χ4v) is 1.05. The third-order valence-electron chi connectivity index (χ3n) is 1.63.